The maximum atomic E-state index is 10.1. The van der Waals surface area contributed by atoms with Crippen LogP contribution in [0.2, 0.25) is 0 Å². The average Bonchev–Trinajstić information content (AvgIpc) is 2.42. The summed E-state index contributed by atoms with van der Waals surface area (Å²) in [5.74, 6) is 0.854. The van der Waals surface area contributed by atoms with Gasteiger partial charge in [-0.2, -0.15) is 0 Å². The molecule has 0 radical (unpaired) electrons. The lowest BCUT2D eigenvalue weighted by molar-refractivity contribution is 0.406. The first-order chi connectivity index (χ1) is 8.76. The third kappa shape index (κ3) is 2.38. The molecule has 0 aliphatic carbocycles. The molecule has 0 heterocycles. The second-order valence-electron chi connectivity index (χ2n) is 4.05. The summed E-state index contributed by atoms with van der Waals surface area (Å²) in [4.78, 5) is 0. The molecule has 92 valence electrons. The summed E-state index contributed by atoms with van der Waals surface area (Å²) in [6.45, 7) is 3.86. The maximum absolute atomic E-state index is 10.1. The molecule has 0 saturated heterocycles. The van der Waals surface area contributed by atoms with Crippen LogP contribution in [0.15, 0.2) is 61.2 Å². The summed E-state index contributed by atoms with van der Waals surface area (Å²) in [7, 11) is 1.58. The number of ether oxygens (including phenoxy) is 1. The van der Waals surface area contributed by atoms with Gasteiger partial charge in [-0.15, -0.1) is 6.58 Å². The zero-order valence-corrected chi connectivity index (χ0v) is 10.3. The minimum Gasteiger partial charge on any atom is -0.507 e. The van der Waals surface area contributed by atoms with Crippen molar-refractivity contribution in [3.05, 3.63) is 72.3 Å². The Bertz CT molecular complexity index is 532. The van der Waals surface area contributed by atoms with Gasteiger partial charge in [0.1, 0.15) is 11.5 Å². The second kappa shape index (κ2) is 5.41. The third-order valence-electron chi connectivity index (χ3n) is 2.97. The Morgan fingerprint density at radius 2 is 1.89 bits per heavy atom. The van der Waals surface area contributed by atoms with Gasteiger partial charge >= 0.3 is 0 Å². The van der Waals surface area contributed by atoms with Crippen LogP contribution in [0, 0.1) is 0 Å². The van der Waals surface area contributed by atoms with Crippen molar-refractivity contribution in [1.82, 2.24) is 0 Å². The number of aromatic hydroxyl groups is 1. The van der Waals surface area contributed by atoms with E-state index in [9.17, 15) is 5.11 Å². The van der Waals surface area contributed by atoms with E-state index < -0.39 is 0 Å². The number of rotatable bonds is 4. The van der Waals surface area contributed by atoms with Gasteiger partial charge < -0.3 is 9.84 Å². The van der Waals surface area contributed by atoms with Crippen molar-refractivity contribution in [1.29, 1.82) is 0 Å². The van der Waals surface area contributed by atoms with Crippen LogP contribution in [0.4, 0.5) is 0 Å². The van der Waals surface area contributed by atoms with Crippen LogP contribution in [-0.4, -0.2) is 12.2 Å². The highest BCUT2D eigenvalue weighted by atomic mass is 16.5. The molecule has 0 aromatic heterocycles. The van der Waals surface area contributed by atoms with Crippen LogP contribution < -0.4 is 4.74 Å². The summed E-state index contributed by atoms with van der Waals surface area (Å²) in [6.07, 6.45) is 1.83. The fraction of sp³-hybridized carbons (Fsp3) is 0.125. The Labute approximate surface area is 107 Å². The van der Waals surface area contributed by atoms with Gasteiger partial charge in [-0.3, -0.25) is 0 Å². The first-order valence-corrected chi connectivity index (χ1v) is 5.80. The lowest BCUT2D eigenvalue weighted by Gasteiger charge is -2.15. The molecule has 1 atom stereocenters. The van der Waals surface area contributed by atoms with Crippen LogP contribution in [-0.2, 0) is 0 Å². The molecule has 0 spiro atoms. The Balaban J connectivity index is 2.43. The standard InChI is InChI=1S/C16H16O2/c1-3-14(12-7-5-4-6-8-12)15-10-9-13(18-2)11-16(15)17/h3-11,14,17H,1H2,2H3. The van der Waals surface area contributed by atoms with Crippen molar-refractivity contribution >= 4 is 0 Å². The van der Waals surface area contributed by atoms with E-state index in [0.717, 1.165) is 11.1 Å². The molecular weight excluding hydrogens is 224 g/mol. The number of allylic oxidation sites excluding steroid dienone is 1. The van der Waals surface area contributed by atoms with Gasteiger partial charge in [0.2, 0.25) is 0 Å². The SMILES string of the molecule is C=CC(c1ccccc1)c1ccc(OC)cc1O. The molecule has 1 N–H and O–H groups in total. The lowest BCUT2D eigenvalue weighted by Crippen LogP contribution is -1.98. The number of methoxy groups -OCH3 is 1. The molecule has 2 aromatic carbocycles. The highest BCUT2D eigenvalue weighted by Crippen LogP contribution is 2.34. The predicted octanol–water partition coefficient (Wildman–Crippen LogP) is 3.72. The predicted molar refractivity (Wildman–Crippen MR) is 73.1 cm³/mol. The quantitative estimate of drug-likeness (QED) is 0.825. The normalized spacial score (nSPS) is 11.8. The molecule has 0 amide bonds. The smallest absolute Gasteiger partial charge is 0.123 e. The molecular formula is C16H16O2. The van der Waals surface area contributed by atoms with E-state index >= 15 is 0 Å². The first kappa shape index (κ1) is 12.2. The Morgan fingerprint density at radius 3 is 2.44 bits per heavy atom. The van der Waals surface area contributed by atoms with E-state index in [1.807, 2.05) is 48.5 Å². The molecule has 2 nitrogen and oxygen atoms in total. The Kier molecular flexibility index (Phi) is 3.68. The zero-order chi connectivity index (χ0) is 13.0. The average molecular weight is 240 g/mol. The van der Waals surface area contributed by atoms with Crippen molar-refractivity contribution < 1.29 is 9.84 Å². The van der Waals surface area contributed by atoms with Crippen molar-refractivity contribution in [2.24, 2.45) is 0 Å². The number of hydrogen-bond acceptors (Lipinski definition) is 2. The van der Waals surface area contributed by atoms with Gasteiger partial charge in [-0.25, -0.2) is 0 Å². The van der Waals surface area contributed by atoms with E-state index in [1.165, 1.54) is 0 Å². The van der Waals surface area contributed by atoms with Crippen molar-refractivity contribution in [2.75, 3.05) is 7.11 Å². The van der Waals surface area contributed by atoms with E-state index in [0.29, 0.717) is 5.75 Å². The third-order valence-corrected chi connectivity index (χ3v) is 2.97. The van der Waals surface area contributed by atoms with Gasteiger partial charge in [-0.05, 0) is 11.6 Å². The highest BCUT2D eigenvalue weighted by Gasteiger charge is 2.14. The molecule has 2 aromatic rings. The molecule has 0 bridgehead atoms. The summed E-state index contributed by atoms with van der Waals surface area (Å²) >= 11 is 0. The van der Waals surface area contributed by atoms with Crippen molar-refractivity contribution in [3.8, 4) is 11.5 Å². The van der Waals surface area contributed by atoms with Gasteiger partial charge in [-0.1, -0.05) is 42.5 Å². The summed E-state index contributed by atoms with van der Waals surface area (Å²) in [6, 6.07) is 15.3. The summed E-state index contributed by atoms with van der Waals surface area (Å²) in [5, 5.41) is 10.1. The van der Waals surface area contributed by atoms with Crippen LogP contribution >= 0.6 is 0 Å². The Morgan fingerprint density at radius 1 is 1.17 bits per heavy atom. The highest BCUT2D eigenvalue weighted by molar-refractivity contribution is 5.47. The number of hydrogen-bond donors (Lipinski definition) is 1. The summed E-state index contributed by atoms with van der Waals surface area (Å²) < 4.78 is 5.08. The number of phenolic OH excluding ortho intramolecular Hbond substituents is 1. The monoisotopic (exact) mass is 240 g/mol. The molecule has 2 heteroatoms. The topological polar surface area (TPSA) is 29.5 Å². The Hall–Kier alpha value is -2.22. The molecule has 0 aliphatic heterocycles. The van der Waals surface area contributed by atoms with E-state index in [1.54, 1.807) is 13.2 Å². The lowest BCUT2D eigenvalue weighted by atomic mass is 9.91. The fourth-order valence-corrected chi connectivity index (χ4v) is 2.02. The van der Waals surface area contributed by atoms with Gasteiger partial charge in [0, 0.05) is 17.5 Å². The maximum Gasteiger partial charge on any atom is 0.123 e. The van der Waals surface area contributed by atoms with Gasteiger partial charge in [0.05, 0.1) is 7.11 Å². The van der Waals surface area contributed by atoms with E-state index in [4.69, 9.17) is 4.74 Å². The van der Waals surface area contributed by atoms with Crippen LogP contribution in [0.5, 0.6) is 11.5 Å². The van der Waals surface area contributed by atoms with E-state index in [-0.39, 0.29) is 11.7 Å². The molecule has 2 rings (SSSR count). The first-order valence-electron chi connectivity index (χ1n) is 5.80. The molecule has 0 aliphatic rings. The number of benzene rings is 2. The van der Waals surface area contributed by atoms with E-state index in [2.05, 4.69) is 6.58 Å². The van der Waals surface area contributed by atoms with Crippen LogP contribution in [0.1, 0.15) is 17.0 Å². The van der Waals surface area contributed by atoms with Gasteiger partial charge in [0.15, 0.2) is 0 Å². The van der Waals surface area contributed by atoms with Crippen LogP contribution in [0.3, 0.4) is 0 Å². The van der Waals surface area contributed by atoms with Crippen LogP contribution in [0.25, 0.3) is 0 Å². The molecule has 0 saturated carbocycles. The van der Waals surface area contributed by atoms with Crippen molar-refractivity contribution in [2.45, 2.75) is 5.92 Å². The molecule has 1 unspecified atom stereocenters. The largest absolute Gasteiger partial charge is 0.507 e. The second-order valence-corrected chi connectivity index (χ2v) is 4.05. The zero-order valence-electron chi connectivity index (χ0n) is 10.3. The molecule has 18 heavy (non-hydrogen) atoms. The minimum atomic E-state index is -0.0166. The van der Waals surface area contributed by atoms with Gasteiger partial charge in [0.25, 0.3) is 0 Å². The minimum absolute atomic E-state index is 0.0166. The molecule has 0 fully saturated rings. The number of phenols is 1. The van der Waals surface area contributed by atoms with Crippen molar-refractivity contribution in [3.63, 3.8) is 0 Å². The fourth-order valence-electron chi connectivity index (χ4n) is 2.02. The summed E-state index contributed by atoms with van der Waals surface area (Å²) in [5.41, 5.74) is 1.94.